The number of halogens is 4. The van der Waals surface area contributed by atoms with Crippen LogP contribution in [0, 0.1) is 5.82 Å². The van der Waals surface area contributed by atoms with Gasteiger partial charge in [-0.05, 0) is 6.07 Å². The van der Waals surface area contributed by atoms with Crippen LogP contribution in [0.25, 0.3) is 11.4 Å². The van der Waals surface area contributed by atoms with Crippen molar-refractivity contribution >= 4 is 11.7 Å². The van der Waals surface area contributed by atoms with Crippen molar-refractivity contribution in [1.29, 1.82) is 0 Å². The number of hydrogen-bond acceptors (Lipinski definition) is 6. The van der Waals surface area contributed by atoms with Gasteiger partial charge in [-0.3, -0.25) is 4.79 Å². The van der Waals surface area contributed by atoms with E-state index in [1.165, 1.54) is 13.3 Å². The Morgan fingerprint density at radius 2 is 2.00 bits per heavy atom. The molecule has 0 saturated carbocycles. The van der Waals surface area contributed by atoms with Gasteiger partial charge in [0.1, 0.15) is 6.54 Å². The van der Waals surface area contributed by atoms with Crippen LogP contribution in [-0.4, -0.2) is 47.2 Å². The van der Waals surface area contributed by atoms with Crippen LogP contribution in [0.1, 0.15) is 6.42 Å². The Hall–Kier alpha value is -2.98. The highest BCUT2D eigenvalue weighted by atomic mass is 19.4. The van der Waals surface area contributed by atoms with Crippen molar-refractivity contribution in [3.05, 3.63) is 30.3 Å². The van der Waals surface area contributed by atoms with E-state index in [1.807, 2.05) is 0 Å². The van der Waals surface area contributed by atoms with Crippen LogP contribution >= 0.6 is 0 Å². The van der Waals surface area contributed by atoms with Crippen LogP contribution in [-0.2, 0) is 4.79 Å². The molecule has 0 aromatic carbocycles. The van der Waals surface area contributed by atoms with Gasteiger partial charge in [0.2, 0.25) is 11.8 Å². The molecule has 2 rings (SSSR count). The maximum atomic E-state index is 13.8. The molecule has 0 aliphatic heterocycles. The Balaban J connectivity index is 1.96. The topological polar surface area (TPSA) is 89.0 Å². The fraction of sp³-hybridized carbons (Fsp3) is 0.333. The van der Waals surface area contributed by atoms with Gasteiger partial charge in [-0.1, -0.05) is 0 Å². The molecule has 2 aromatic rings. The first-order chi connectivity index (χ1) is 12.3. The first-order valence-electron chi connectivity index (χ1n) is 7.39. The summed E-state index contributed by atoms with van der Waals surface area (Å²) in [7, 11) is 1.46. The lowest BCUT2D eigenvalue weighted by Gasteiger charge is -2.10. The zero-order valence-electron chi connectivity index (χ0n) is 13.6. The second-order valence-electron chi connectivity index (χ2n) is 5.05. The summed E-state index contributed by atoms with van der Waals surface area (Å²) in [6.07, 6.45) is -2.37. The lowest BCUT2D eigenvalue weighted by molar-refractivity contribution is -0.138. The number of carbonyl (C=O) groups is 1. The minimum atomic E-state index is -4.48. The number of aromatic nitrogens is 3. The number of amides is 1. The van der Waals surface area contributed by atoms with Gasteiger partial charge < -0.3 is 15.4 Å². The lowest BCUT2D eigenvalue weighted by atomic mass is 10.2. The summed E-state index contributed by atoms with van der Waals surface area (Å²) in [5, 5.41) is 4.28. The molecule has 0 aliphatic rings. The molecular weight excluding hydrogens is 358 g/mol. The van der Waals surface area contributed by atoms with E-state index in [1.54, 1.807) is 17.4 Å². The summed E-state index contributed by atoms with van der Waals surface area (Å²) in [6, 6.07) is 3.22. The average Bonchev–Trinajstić information content (AvgIpc) is 2.61. The van der Waals surface area contributed by atoms with E-state index in [2.05, 4.69) is 20.3 Å². The van der Waals surface area contributed by atoms with E-state index in [-0.39, 0.29) is 24.6 Å². The third-order valence-electron chi connectivity index (χ3n) is 3.08. The van der Waals surface area contributed by atoms with Crippen molar-refractivity contribution in [3.63, 3.8) is 0 Å². The highest BCUT2D eigenvalue weighted by molar-refractivity contribution is 5.76. The number of alkyl halides is 3. The Labute approximate surface area is 145 Å². The number of ether oxygens (including phenoxy) is 1. The number of nitrogens with zero attached hydrogens (tertiary/aromatic N) is 3. The van der Waals surface area contributed by atoms with E-state index < -0.39 is 24.4 Å². The zero-order valence-corrected chi connectivity index (χ0v) is 13.6. The van der Waals surface area contributed by atoms with Crippen LogP contribution < -0.4 is 15.4 Å². The van der Waals surface area contributed by atoms with Crippen molar-refractivity contribution in [1.82, 2.24) is 20.3 Å². The van der Waals surface area contributed by atoms with Crippen molar-refractivity contribution < 1.29 is 27.1 Å². The molecule has 0 unspecified atom stereocenters. The van der Waals surface area contributed by atoms with Crippen molar-refractivity contribution in [3.8, 4) is 17.3 Å². The largest absolute Gasteiger partial charge is 0.481 e. The predicted octanol–water partition coefficient (Wildman–Crippen LogP) is 2.17. The second-order valence-corrected chi connectivity index (χ2v) is 5.05. The van der Waals surface area contributed by atoms with Gasteiger partial charge in [0.05, 0.1) is 13.3 Å². The number of rotatable bonds is 7. The molecular formula is C15H15F4N5O2. The Morgan fingerprint density at radius 3 is 2.62 bits per heavy atom. The van der Waals surface area contributed by atoms with Gasteiger partial charge in [-0.2, -0.15) is 13.2 Å². The molecule has 7 nitrogen and oxygen atoms in total. The van der Waals surface area contributed by atoms with Crippen LogP contribution in [0.15, 0.2) is 24.5 Å². The average molecular weight is 373 g/mol. The third kappa shape index (κ3) is 5.83. The molecule has 0 fully saturated rings. The minimum absolute atomic E-state index is 0.0993. The molecule has 2 N–H and O–H groups in total. The number of anilines is 1. The Morgan fingerprint density at radius 1 is 1.23 bits per heavy atom. The molecule has 0 radical (unpaired) electrons. The van der Waals surface area contributed by atoms with Crippen LogP contribution in [0.2, 0.25) is 0 Å². The Kier molecular flexibility index (Phi) is 6.26. The first-order valence-corrected chi connectivity index (χ1v) is 7.39. The lowest BCUT2D eigenvalue weighted by Crippen LogP contribution is -2.34. The fourth-order valence-corrected chi connectivity index (χ4v) is 1.85. The van der Waals surface area contributed by atoms with Gasteiger partial charge in [0.15, 0.2) is 17.5 Å². The molecule has 0 atom stereocenters. The molecule has 11 heteroatoms. The van der Waals surface area contributed by atoms with Crippen molar-refractivity contribution in [2.45, 2.75) is 12.6 Å². The van der Waals surface area contributed by atoms with Crippen LogP contribution in [0.5, 0.6) is 5.88 Å². The van der Waals surface area contributed by atoms with E-state index in [0.29, 0.717) is 11.4 Å². The fourth-order valence-electron chi connectivity index (χ4n) is 1.85. The molecule has 140 valence electrons. The molecule has 2 heterocycles. The van der Waals surface area contributed by atoms with E-state index in [0.717, 1.165) is 6.20 Å². The van der Waals surface area contributed by atoms with Gasteiger partial charge in [-0.25, -0.2) is 19.3 Å². The zero-order chi connectivity index (χ0) is 19.2. The van der Waals surface area contributed by atoms with Crippen LogP contribution in [0.3, 0.4) is 0 Å². The molecule has 1 amide bonds. The standard InChI is InChI=1S/C15H15F4N5O2/c1-26-12-3-2-9(6-21-12)13-22-7-10(16)14(24-13)20-5-4-11(25)23-8-15(17,18)19/h2-3,6-7H,4-5,8H2,1H3,(H,23,25)(H,20,22,24). The highest BCUT2D eigenvalue weighted by Crippen LogP contribution is 2.19. The van der Waals surface area contributed by atoms with E-state index in [9.17, 15) is 22.4 Å². The third-order valence-corrected chi connectivity index (χ3v) is 3.08. The summed E-state index contributed by atoms with van der Waals surface area (Å²) >= 11 is 0. The normalized spacial score (nSPS) is 11.1. The number of carbonyl (C=O) groups excluding carboxylic acids is 1. The maximum absolute atomic E-state index is 13.8. The maximum Gasteiger partial charge on any atom is 0.405 e. The summed E-state index contributed by atoms with van der Waals surface area (Å²) in [6.45, 7) is -1.51. The monoisotopic (exact) mass is 373 g/mol. The summed E-state index contributed by atoms with van der Waals surface area (Å²) in [5.41, 5.74) is 0.511. The van der Waals surface area contributed by atoms with Crippen LogP contribution in [0.4, 0.5) is 23.4 Å². The number of pyridine rings is 1. The summed E-state index contributed by atoms with van der Waals surface area (Å²) < 4.78 is 54.7. The molecule has 0 spiro atoms. The molecule has 0 saturated heterocycles. The molecule has 26 heavy (non-hydrogen) atoms. The quantitative estimate of drug-likeness (QED) is 0.723. The number of hydrogen-bond donors (Lipinski definition) is 2. The summed E-state index contributed by atoms with van der Waals surface area (Å²) in [4.78, 5) is 23.1. The van der Waals surface area contributed by atoms with Gasteiger partial charge in [0.25, 0.3) is 0 Å². The molecule has 0 aliphatic carbocycles. The highest BCUT2D eigenvalue weighted by Gasteiger charge is 2.27. The molecule has 0 bridgehead atoms. The van der Waals surface area contributed by atoms with Crippen molar-refractivity contribution in [2.75, 3.05) is 25.5 Å². The predicted molar refractivity (Wildman–Crippen MR) is 83.9 cm³/mol. The SMILES string of the molecule is COc1ccc(-c2ncc(F)c(NCCC(=O)NCC(F)(F)F)n2)cn1. The molecule has 2 aromatic heterocycles. The van der Waals surface area contributed by atoms with E-state index in [4.69, 9.17) is 4.74 Å². The van der Waals surface area contributed by atoms with Gasteiger partial charge >= 0.3 is 6.18 Å². The van der Waals surface area contributed by atoms with E-state index >= 15 is 0 Å². The Bertz CT molecular complexity index is 753. The number of nitrogens with one attached hydrogen (secondary N) is 2. The van der Waals surface area contributed by atoms with Crippen molar-refractivity contribution in [2.24, 2.45) is 0 Å². The smallest absolute Gasteiger partial charge is 0.405 e. The summed E-state index contributed by atoms with van der Waals surface area (Å²) in [5.74, 6) is -1.17. The van der Waals surface area contributed by atoms with Gasteiger partial charge in [-0.15, -0.1) is 0 Å². The first kappa shape index (κ1) is 19.3. The second kappa shape index (κ2) is 8.41. The minimum Gasteiger partial charge on any atom is -0.481 e. The number of methoxy groups -OCH3 is 1. The van der Waals surface area contributed by atoms with Gasteiger partial charge in [0, 0.05) is 30.8 Å².